The zero-order valence-corrected chi connectivity index (χ0v) is 16.3. The number of hydrogen-bond acceptors (Lipinski definition) is 5. The minimum Gasteiger partial charge on any atom is -0.474 e. The van der Waals surface area contributed by atoms with Gasteiger partial charge in [0.15, 0.2) is 0 Å². The third-order valence-corrected chi connectivity index (χ3v) is 5.60. The van der Waals surface area contributed by atoms with Crippen LogP contribution in [0.4, 0.5) is 4.39 Å². The molecule has 6 rings (SSSR count). The third-order valence-electron chi connectivity index (χ3n) is 5.37. The van der Waals surface area contributed by atoms with Crippen LogP contribution in [-0.4, -0.2) is 37.0 Å². The Balaban J connectivity index is 1.46. The molecule has 4 heterocycles. The summed E-state index contributed by atoms with van der Waals surface area (Å²) in [6, 6.07) is 11.8. The summed E-state index contributed by atoms with van der Waals surface area (Å²) in [6.45, 7) is 0.388. The molecule has 4 aromatic rings. The van der Waals surface area contributed by atoms with Crippen molar-refractivity contribution in [1.29, 1.82) is 0 Å². The first-order valence-electron chi connectivity index (χ1n) is 9.40. The van der Waals surface area contributed by atoms with Crippen molar-refractivity contribution in [2.24, 2.45) is 4.99 Å². The van der Waals surface area contributed by atoms with Gasteiger partial charge in [-0.25, -0.2) is 19.0 Å². The van der Waals surface area contributed by atoms with E-state index >= 15 is 0 Å². The summed E-state index contributed by atoms with van der Waals surface area (Å²) in [6.07, 6.45) is 4.04. The molecule has 7 nitrogen and oxygen atoms in total. The smallest absolute Gasteiger partial charge is 0.238 e. The van der Waals surface area contributed by atoms with E-state index in [1.807, 2.05) is 22.8 Å². The van der Waals surface area contributed by atoms with E-state index in [9.17, 15) is 4.39 Å². The maximum atomic E-state index is 13.2. The lowest BCUT2D eigenvalue weighted by atomic mass is 10.1. The van der Waals surface area contributed by atoms with E-state index in [4.69, 9.17) is 21.3 Å². The highest BCUT2D eigenvalue weighted by atomic mass is 35.5. The first-order chi connectivity index (χ1) is 14.7. The summed E-state index contributed by atoms with van der Waals surface area (Å²) in [5, 5.41) is 8.91. The van der Waals surface area contributed by atoms with E-state index in [0.717, 1.165) is 28.3 Å². The van der Waals surface area contributed by atoms with Crippen molar-refractivity contribution in [3.05, 3.63) is 88.5 Å². The molecule has 2 aromatic heterocycles. The van der Waals surface area contributed by atoms with Gasteiger partial charge >= 0.3 is 0 Å². The molecule has 0 amide bonds. The second-order valence-electron chi connectivity index (χ2n) is 7.17. The van der Waals surface area contributed by atoms with Crippen LogP contribution in [0.1, 0.15) is 28.7 Å². The predicted molar refractivity (Wildman–Crippen MR) is 108 cm³/mol. The molecular formula is C21H14ClFN6O. The summed E-state index contributed by atoms with van der Waals surface area (Å²) in [4.78, 5) is 9.33. The number of aromatic nitrogens is 5. The Morgan fingerprint density at radius 2 is 1.97 bits per heavy atom. The molecule has 0 bridgehead atoms. The van der Waals surface area contributed by atoms with Crippen LogP contribution in [0.3, 0.4) is 0 Å². The van der Waals surface area contributed by atoms with Gasteiger partial charge in [-0.05, 0) is 35.9 Å². The SMILES string of the molecule is Fc1ccc([C@@H]2COC(c3ncn4c3Cc3cnnn3-c3cc(Cl)ccc3-4)=N2)cc1. The van der Waals surface area contributed by atoms with Crippen molar-refractivity contribution in [2.75, 3.05) is 6.61 Å². The molecule has 0 unspecified atom stereocenters. The normalized spacial score (nSPS) is 16.9. The number of aliphatic imine (C=N–C) groups is 1. The molecule has 0 saturated carbocycles. The quantitative estimate of drug-likeness (QED) is 0.437. The second kappa shape index (κ2) is 6.50. The topological polar surface area (TPSA) is 70.1 Å². The van der Waals surface area contributed by atoms with Crippen LogP contribution in [0, 0.1) is 5.82 Å². The third kappa shape index (κ3) is 2.64. The van der Waals surface area contributed by atoms with Gasteiger partial charge in [0.2, 0.25) is 5.90 Å². The van der Waals surface area contributed by atoms with E-state index in [0.29, 0.717) is 29.6 Å². The van der Waals surface area contributed by atoms with Crippen LogP contribution >= 0.6 is 11.6 Å². The van der Waals surface area contributed by atoms with Gasteiger partial charge in [0, 0.05) is 11.4 Å². The number of fused-ring (bicyclic) bond motifs is 5. The zero-order valence-electron chi connectivity index (χ0n) is 15.5. The highest BCUT2D eigenvalue weighted by molar-refractivity contribution is 6.30. The van der Waals surface area contributed by atoms with Gasteiger partial charge in [-0.3, -0.25) is 4.57 Å². The number of hydrogen-bond donors (Lipinski definition) is 0. The monoisotopic (exact) mass is 420 g/mol. The van der Waals surface area contributed by atoms with Gasteiger partial charge in [0.25, 0.3) is 0 Å². The molecule has 0 spiro atoms. The minimum absolute atomic E-state index is 0.193. The number of benzene rings is 2. The van der Waals surface area contributed by atoms with E-state index in [1.54, 1.807) is 29.3 Å². The van der Waals surface area contributed by atoms with Crippen molar-refractivity contribution in [1.82, 2.24) is 24.5 Å². The van der Waals surface area contributed by atoms with Gasteiger partial charge in [-0.2, -0.15) is 0 Å². The fourth-order valence-electron chi connectivity index (χ4n) is 3.91. The average Bonchev–Trinajstić information content (AvgIpc) is 3.48. The number of halogens is 2. The molecular weight excluding hydrogens is 407 g/mol. The Bertz CT molecular complexity index is 1310. The summed E-state index contributed by atoms with van der Waals surface area (Å²) in [5.74, 6) is 0.208. The average molecular weight is 421 g/mol. The minimum atomic E-state index is -0.273. The predicted octanol–water partition coefficient (Wildman–Crippen LogP) is 3.67. The van der Waals surface area contributed by atoms with Crippen LogP contribution in [0.15, 0.2) is 60.0 Å². The summed E-state index contributed by atoms with van der Waals surface area (Å²) < 4.78 is 22.9. The van der Waals surface area contributed by atoms with Gasteiger partial charge in [-0.15, -0.1) is 5.10 Å². The first-order valence-corrected chi connectivity index (χ1v) is 9.78. The molecule has 0 N–H and O–H groups in total. The molecule has 148 valence electrons. The summed E-state index contributed by atoms with van der Waals surface area (Å²) in [7, 11) is 0. The summed E-state index contributed by atoms with van der Waals surface area (Å²) >= 11 is 6.23. The van der Waals surface area contributed by atoms with Crippen molar-refractivity contribution < 1.29 is 9.13 Å². The Morgan fingerprint density at radius 1 is 1.10 bits per heavy atom. The van der Waals surface area contributed by atoms with Crippen LogP contribution in [-0.2, 0) is 11.2 Å². The molecule has 9 heteroatoms. The Morgan fingerprint density at radius 3 is 2.83 bits per heavy atom. The molecule has 0 aliphatic carbocycles. The van der Waals surface area contributed by atoms with Gasteiger partial charge < -0.3 is 4.74 Å². The number of ether oxygens (including phenoxy) is 1. The van der Waals surface area contributed by atoms with Crippen LogP contribution < -0.4 is 0 Å². The molecule has 2 aromatic carbocycles. The Labute approximate surface area is 175 Å². The molecule has 0 radical (unpaired) electrons. The fraction of sp³-hybridized carbons (Fsp3) is 0.143. The van der Waals surface area contributed by atoms with E-state index < -0.39 is 0 Å². The van der Waals surface area contributed by atoms with Crippen molar-refractivity contribution >= 4 is 17.5 Å². The maximum absolute atomic E-state index is 13.2. The van der Waals surface area contributed by atoms with Gasteiger partial charge in [0.05, 0.1) is 29.0 Å². The lowest BCUT2D eigenvalue weighted by Crippen LogP contribution is -2.08. The highest BCUT2D eigenvalue weighted by Gasteiger charge is 2.29. The van der Waals surface area contributed by atoms with Crippen LogP contribution in [0.25, 0.3) is 11.4 Å². The summed E-state index contributed by atoms with van der Waals surface area (Å²) in [5.41, 5.74) is 5.14. The highest BCUT2D eigenvalue weighted by Crippen LogP contribution is 2.32. The fourth-order valence-corrected chi connectivity index (χ4v) is 4.08. The van der Waals surface area contributed by atoms with Crippen LogP contribution in [0.2, 0.25) is 5.02 Å². The lowest BCUT2D eigenvalue weighted by molar-refractivity contribution is 0.319. The van der Waals surface area contributed by atoms with E-state index in [-0.39, 0.29) is 11.9 Å². The Kier molecular flexibility index (Phi) is 3.76. The first kappa shape index (κ1) is 17.3. The molecule has 2 aliphatic heterocycles. The number of imidazole rings is 1. The van der Waals surface area contributed by atoms with Crippen molar-refractivity contribution in [3.8, 4) is 11.4 Å². The molecule has 2 aliphatic rings. The second-order valence-corrected chi connectivity index (χ2v) is 7.61. The molecule has 30 heavy (non-hydrogen) atoms. The largest absolute Gasteiger partial charge is 0.474 e. The number of nitrogens with zero attached hydrogens (tertiary/aromatic N) is 6. The Hall–Kier alpha value is -3.52. The standard InChI is InChI=1S/C21H14ClFN6O/c22-13-3-6-17-18(7-13)29-15(9-25-27-29)8-19-20(24-11-28(17)19)21-26-16(10-30-21)12-1-4-14(23)5-2-12/h1-7,9,11,16H,8,10H2/t16-/m0/s1. The number of rotatable bonds is 2. The molecule has 0 saturated heterocycles. The lowest BCUT2D eigenvalue weighted by Gasteiger charge is -2.10. The van der Waals surface area contributed by atoms with E-state index in [2.05, 4.69) is 15.3 Å². The van der Waals surface area contributed by atoms with Gasteiger partial charge in [-0.1, -0.05) is 28.9 Å². The van der Waals surface area contributed by atoms with Crippen LogP contribution in [0.5, 0.6) is 0 Å². The zero-order chi connectivity index (χ0) is 20.2. The maximum Gasteiger partial charge on any atom is 0.238 e. The van der Waals surface area contributed by atoms with E-state index in [1.165, 1.54) is 12.1 Å². The molecule has 0 fully saturated rings. The van der Waals surface area contributed by atoms with Gasteiger partial charge in [0.1, 0.15) is 30.5 Å². The van der Waals surface area contributed by atoms with Crippen molar-refractivity contribution in [2.45, 2.75) is 12.5 Å². The molecule has 1 atom stereocenters. The van der Waals surface area contributed by atoms with Crippen molar-refractivity contribution in [3.63, 3.8) is 0 Å².